The molecule has 0 spiro atoms. The molecule has 0 unspecified atom stereocenters. The van der Waals surface area contributed by atoms with Gasteiger partial charge in [0, 0.05) is 23.7 Å². The minimum absolute atomic E-state index is 0.0346. The van der Waals surface area contributed by atoms with Crippen molar-refractivity contribution in [1.82, 2.24) is 4.90 Å². The van der Waals surface area contributed by atoms with Crippen LogP contribution in [0.2, 0.25) is 5.02 Å². The minimum atomic E-state index is -0.304. The zero-order chi connectivity index (χ0) is 20.8. The molecule has 1 heterocycles. The van der Waals surface area contributed by atoms with Gasteiger partial charge in [0.15, 0.2) is 12.4 Å². The van der Waals surface area contributed by atoms with E-state index in [4.69, 9.17) is 20.8 Å². The fourth-order valence-corrected chi connectivity index (χ4v) is 3.30. The number of ether oxygens (including phenoxy) is 1. The standard InChI is InChI=1S/C23H24ClNO4/c1-3-13-25(14-4-2)20(26)15-28-23-21(27)18-7-5-6-8-19(18)29-22(23)16-9-11-17(24)12-10-16/h5-12H,3-4,13-15H2,1-2H3. The molecule has 29 heavy (non-hydrogen) atoms. The van der Waals surface area contributed by atoms with Crippen LogP contribution in [0.15, 0.2) is 57.7 Å². The fraction of sp³-hybridized carbons (Fsp3) is 0.304. The Balaban J connectivity index is 2.00. The van der Waals surface area contributed by atoms with Gasteiger partial charge < -0.3 is 14.1 Å². The van der Waals surface area contributed by atoms with Crippen molar-refractivity contribution < 1.29 is 13.9 Å². The van der Waals surface area contributed by atoms with Gasteiger partial charge in [-0.15, -0.1) is 0 Å². The molecule has 6 heteroatoms. The van der Waals surface area contributed by atoms with Crippen LogP contribution in [-0.4, -0.2) is 30.5 Å². The maximum atomic E-state index is 13.1. The largest absolute Gasteiger partial charge is 0.476 e. The van der Waals surface area contributed by atoms with Gasteiger partial charge in [-0.05, 0) is 49.2 Å². The van der Waals surface area contributed by atoms with E-state index in [2.05, 4.69) is 0 Å². The van der Waals surface area contributed by atoms with Crippen molar-refractivity contribution in [3.8, 4) is 17.1 Å². The number of benzene rings is 2. The third kappa shape index (κ3) is 4.80. The normalized spacial score (nSPS) is 10.9. The minimum Gasteiger partial charge on any atom is -0.476 e. The molecule has 3 rings (SSSR count). The number of carbonyl (C=O) groups excluding carboxylic acids is 1. The molecule has 0 radical (unpaired) electrons. The molecular formula is C23H24ClNO4. The van der Waals surface area contributed by atoms with Crippen molar-refractivity contribution in [1.29, 1.82) is 0 Å². The van der Waals surface area contributed by atoms with E-state index in [9.17, 15) is 9.59 Å². The summed E-state index contributed by atoms with van der Waals surface area (Å²) in [4.78, 5) is 27.5. The molecule has 1 amide bonds. The summed E-state index contributed by atoms with van der Waals surface area (Å²) in [5, 5.41) is 0.982. The smallest absolute Gasteiger partial charge is 0.260 e. The molecule has 0 atom stereocenters. The van der Waals surface area contributed by atoms with Crippen molar-refractivity contribution in [3.63, 3.8) is 0 Å². The summed E-state index contributed by atoms with van der Waals surface area (Å²) in [7, 11) is 0. The number of carbonyl (C=O) groups is 1. The van der Waals surface area contributed by atoms with Crippen molar-refractivity contribution in [2.45, 2.75) is 26.7 Å². The topological polar surface area (TPSA) is 59.8 Å². The van der Waals surface area contributed by atoms with Crippen LogP contribution in [0.1, 0.15) is 26.7 Å². The number of hydrogen-bond acceptors (Lipinski definition) is 4. The van der Waals surface area contributed by atoms with E-state index >= 15 is 0 Å². The van der Waals surface area contributed by atoms with Gasteiger partial charge in [-0.1, -0.05) is 37.6 Å². The Kier molecular flexibility index (Phi) is 6.94. The van der Waals surface area contributed by atoms with Crippen LogP contribution in [0, 0.1) is 0 Å². The first-order valence-corrected chi connectivity index (χ1v) is 10.1. The van der Waals surface area contributed by atoms with Gasteiger partial charge in [-0.2, -0.15) is 0 Å². The number of amides is 1. The number of nitrogens with zero attached hydrogens (tertiary/aromatic N) is 1. The first-order valence-electron chi connectivity index (χ1n) is 9.77. The van der Waals surface area contributed by atoms with E-state index in [0.29, 0.717) is 34.6 Å². The molecule has 0 aliphatic rings. The quantitative estimate of drug-likeness (QED) is 0.513. The Morgan fingerprint density at radius 3 is 2.34 bits per heavy atom. The van der Waals surface area contributed by atoms with Gasteiger partial charge in [0.05, 0.1) is 5.39 Å². The van der Waals surface area contributed by atoms with Crippen molar-refractivity contribution in [2.75, 3.05) is 19.7 Å². The van der Waals surface area contributed by atoms with Crippen LogP contribution in [0.25, 0.3) is 22.3 Å². The van der Waals surface area contributed by atoms with E-state index in [1.165, 1.54) is 0 Å². The monoisotopic (exact) mass is 413 g/mol. The van der Waals surface area contributed by atoms with Gasteiger partial charge in [0.1, 0.15) is 5.58 Å². The van der Waals surface area contributed by atoms with E-state index in [1.807, 2.05) is 13.8 Å². The summed E-state index contributed by atoms with van der Waals surface area (Å²) in [5.74, 6) is 0.173. The number of fused-ring (bicyclic) bond motifs is 1. The highest BCUT2D eigenvalue weighted by Crippen LogP contribution is 2.31. The van der Waals surface area contributed by atoms with E-state index in [-0.39, 0.29) is 29.5 Å². The number of hydrogen-bond donors (Lipinski definition) is 0. The highest BCUT2D eigenvalue weighted by Gasteiger charge is 2.20. The van der Waals surface area contributed by atoms with Crippen LogP contribution in [0.4, 0.5) is 0 Å². The van der Waals surface area contributed by atoms with E-state index < -0.39 is 0 Å². The summed E-state index contributed by atoms with van der Waals surface area (Å²) in [6.07, 6.45) is 1.72. The average Bonchev–Trinajstić information content (AvgIpc) is 2.73. The molecule has 2 aromatic carbocycles. The van der Waals surface area contributed by atoms with Crippen LogP contribution >= 0.6 is 11.6 Å². The predicted molar refractivity (Wildman–Crippen MR) is 116 cm³/mol. The molecule has 0 aliphatic carbocycles. The summed E-state index contributed by atoms with van der Waals surface area (Å²) in [6, 6.07) is 13.9. The molecular weight excluding hydrogens is 390 g/mol. The molecule has 0 fully saturated rings. The van der Waals surface area contributed by atoms with Crippen LogP contribution in [0.5, 0.6) is 5.75 Å². The van der Waals surface area contributed by atoms with Gasteiger partial charge in [0.25, 0.3) is 5.91 Å². The van der Waals surface area contributed by atoms with Crippen LogP contribution in [0.3, 0.4) is 0 Å². The highest BCUT2D eigenvalue weighted by molar-refractivity contribution is 6.30. The lowest BCUT2D eigenvalue weighted by molar-refractivity contribution is -0.133. The molecule has 0 saturated heterocycles. The van der Waals surface area contributed by atoms with Crippen molar-refractivity contribution >= 4 is 28.5 Å². The lowest BCUT2D eigenvalue weighted by Gasteiger charge is -2.21. The lowest BCUT2D eigenvalue weighted by Crippen LogP contribution is -2.36. The zero-order valence-electron chi connectivity index (χ0n) is 16.6. The molecule has 1 aromatic heterocycles. The molecule has 0 saturated carbocycles. The van der Waals surface area contributed by atoms with E-state index in [1.54, 1.807) is 53.4 Å². The van der Waals surface area contributed by atoms with Crippen LogP contribution < -0.4 is 10.2 Å². The average molecular weight is 414 g/mol. The summed E-state index contributed by atoms with van der Waals surface area (Å²) >= 11 is 5.99. The summed E-state index contributed by atoms with van der Waals surface area (Å²) in [6.45, 7) is 5.14. The second-order valence-corrected chi connectivity index (χ2v) is 7.20. The Morgan fingerprint density at radius 1 is 1.03 bits per heavy atom. The molecule has 0 N–H and O–H groups in total. The number of halogens is 1. The first-order chi connectivity index (χ1) is 14.0. The second kappa shape index (κ2) is 9.61. The SMILES string of the molecule is CCCN(CCC)C(=O)COc1c(-c2ccc(Cl)cc2)oc2ccccc2c1=O. The maximum absolute atomic E-state index is 13.1. The van der Waals surface area contributed by atoms with Crippen LogP contribution in [-0.2, 0) is 4.79 Å². The van der Waals surface area contributed by atoms with Gasteiger partial charge in [0.2, 0.25) is 11.2 Å². The molecule has 5 nitrogen and oxygen atoms in total. The first kappa shape index (κ1) is 20.9. The molecule has 0 bridgehead atoms. The van der Waals surface area contributed by atoms with E-state index in [0.717, 1.165) is 12.8 Å². The molecule has 0 aliphatic heterocycles. The number of rotatable bonds is 8. The lowest BCUT2D eigenvalue weighted by atomic mass is 10.1. The summed E-state index contributed by atoms with van der Waals surface area (Å²) in [5.41, 5.74) is 0.806. The van der Waals surface area contributed by atoms with Gasteiger partial charge >= 0.3 is 0 Å². The second-order valence-electron chi connectivity index (χ2n) is 6.76. The summed E-state index contributed by atoms with van der Waals surface area (Å²) < 4.78 is 11.8. The maximum Gasteiger partial charge on any atom is 0.260 e. The Bertz CT molecular complexity index is 1040. The predicted octanol–water partition coefficient (Wildman–Crippen LogP) is 5.14. The van der Waals surface area contributed by atoms with Gasteiger partial charge in [-0.25, -0.2) is 0 Å². The third-order valence-electron chi connectivity index (χ3n) is 4.54. The number of para-hydroxylation sites is 1. The van der Waals surface area contributed by atoms with Gasteiger partial charge in [-0.3, -0.25) is 9.59 Å². The zero-order valence-corrected chi connectivity index (χ0v) is 17.4. The highest BCUT2D eigenvalue weighted by atomic mass is 35.5. The van der Waals surface area contributed by atoms with Crippen molar-refractivity contribution in [3.05, 3.63) is 63.8 Å². The molecule has 3 aromatic rings. The Hall–Kier alpha value is -2.79. The Morgan fingerprint density at radius 2 is 1.69 bits per heavy atom. The van der Waals surface area contributed by atoms with Crippen molar-refractivity contribution in [2.24, 2.45) is 0 Å². The Labute approximate surface area is 174 Å². The fourth-order valence-electron chi connectivity index (χ4n) is 3.17. The third-order valence-corrected chi connectivity index (χ3v) is 4.79. The molecule has 152 valence electrons.